The first kappa shape index (κ1) is 27.7. The fraction of sp³-hybridized carbons (Fsp3) is 0.0213. The minimum absolute atomic E-state index is 0.445. The van der Waals surface area contributed by atoms with Gasteiger partial charge < -0.3 is 9.32 Å². The Morgan fingerprint density at radius 2 is 0.980 bits per heavy atom. The lowest BCUT2D eigenvalue weighted by atomic mass is 9.67. The lowest BCUT2D eigenvalue weighted by Gasteiger charge is -2.34. The predicted octanol–water partition coefficient (Wildman–Crippen LogP) is 12.6. The average molecular weight is 626 g/mol. The van der Waals surface area contributed by atoms with Crippen molar-refractivity contribution in [1.82, 2.24) is 0 Å². The van der Waals surface area contributed by atoms with E-state index in [1.807, 2.05) is 6.07 Å². The Hall–Kier alpha value is -6.38. The van der Waals surface area contributed by atoms with E-state index in [0.29, 0.717) is 0 Å². The Kier molecular flexibility index (Phi) is 6.13. The molecule has 49 heavy (non-hydrogen) atoms. The van der Waals surface area contributed by atoms with Crippen LogP contribution in [0.1, 0.15) is 22.3 Å². The van der Waals surface area contributed by atoms with Crippen LogP contribution in [0.3, 0.4) is 0 Å². The Morgan fingerprint density at radius 3 is 1.76 bits per heavy atom. The number of fused-ring (bicyclic) bond motifs is 8. The molecule has 1 aliphatic rings. The predicted molar refractivity (Wildman–Crippen MR) is 203 cm³/mol. The van der Waals surface area contributed by atoms with Gasteiger partial charge in [0.25, 0.3) is 0 Å². The zero-order chi connectivity index (χ0) is 32.4. The molecule has 10 rings (SSSR count). The summed E-state index contributed by atoms with van der Waals surface area (Å²) in [5.74, 6) is 0. The maximum atomic E-state index is 6.38. The fourth-order valence-electron chi connectivity index (χ4n) is 8.40. The molecular weight excluding hydrogens is 595 g/mol. The molecule has 1 aromatic heterocycles. The molecule has 1 aliphatic carbocycles. The number of furan rings is 1. The number of anilines is 3. The van der Waals surface area contributed by atoms with Gasteiger partial charge in [0, 0.05) is 16.5 Å². The SMILES string of the molecule is c1ccc(N(c2cccc3c4c(ccc23)C(c2ccccc2)(c2ccccc2)c2ccccc2-4)c2cccc3oc4ccccc4c23)cc1. The van der Waals surface area contributed by atoms with Crippen molar-refractivity contribution in [2.45, 2.75) is 5.41 Å². The summed E-state index contributed by atoms with van der Waals surface area (Å²) < 4.78 is 6.38. The molecule has 0 unspecified atom stereocenters. The van der Waals surface area contributed by atoms with Crippen molar-refractivity contribution in [3.8, 4) is 11.1 Å². The number of nitrogens with zero attached hydrogens (tertiary/aromatic N) is 1. The van der Waals surface area contributed by atoms with Crippen LogP contribution in [0.5, 0.6) is 0 Å². The molecule has 1 heterocycles. The van der Waals surface area contributed by atoms with Crippen molar-refractivity contribution in [3.63, 3.8) is 0 Å². The Labute approximate surface area is 285 Å². The van der Waals surface area contributed by atoms with Crippen molar-refractivity contribution in [3.05, 3.63) is 210 Å². The Bertz CT molecular complexity index is 2620. The minimum atomic E-state index is -0.445. The monoisotopic (exact) mass is 625 g/mol. The highest BCUT2D eigenvalue weighted by molar-refractivity contribution is 6.16. The van der Waals surface area contributed by atoms with E-state index >= 15 is 0 Å². The largest absolute Gasteiger partial charge is 0.456 e. The third kappa shape index (κ3) is 3.95. The second-order valence-corrected chi connectivity index (χ2v) is 12.8. The van der Waals surface area contributed by atoms with Crippen molar-refractivity contribution < 1.29 is 4.42 Å². The van der Waals surface area contributed by atoms with E-state index in [2.05, 4.69) is 187 Å². The summed E-state index contributed by atoms with van der Waals surface area (Å²) in [7, 11) is 0. The molecule has 230 valence electrons. The van der Waals surface area contributed by atoms with Gasteiger partial charge in [-0.2, -0.15) is 0 Å². The first-order chi connectivity index (χ1) is 24.3. The van der Waals surface area contributed by atoms with Crippen LogP contribution in [-0.2, 0) is 5.41 Å². The number of para-hydroxylation sites is 2. The molecule has 8 aromatic carbocycles. The van der Waals surface area contributed by atoms with Gasteiger partial charge in [0.2, 0.25) is 0 Å². The molecule has 0 spiro atoms. The van der Waals surface area contributed by atoms with Crippen LogP contribution in [0, 0.1) is 0 Å². The fourth-order valence-corrected chi connectivity index (χ4v) is 8.40. The molecule has 2 heteroatoms. The Morgan fingerprint density at radius 1 is 0.388 bits per heavy atom. The molecule has 0 amide bonds. The lowest BCUT2D eigenvalue weighted by molar-refractivity contribution is 0.669. The van der Waals surface area contributed by atoms with Gasteiger partial charge in [-0.1, -0.05) is 152 Å². The Balaban J connectivity index is 1.30. The maximum absolute atomic E-state index is 6.38. The van der Waals surface area contributed by atoms with E-state index in [4.69, 9.17) is 4.42 Å². The molecule has 0 aliphatic heterocycles. The van der Waals surface area contributed by atoms with Gasteiger partial charge in [0.05, 0.1) is 22.2 Å². The van der Waals surface area contributed by atoms with Gasteiger partial charge in [-0.3, -0.25) is 0 Å². The van der Waals surface area contributed by atoms with Crippen LogP contribution in [0.25, 0.3) is 43.8 Å². The van der Waals surface area contributed by atoms with E-state index in [1.165, 1.54) is 44.2 Å². The van der Waals surface area contributed by atoms with Crippen LogP contribution < -0.4 is 4.90 Å². The highest BCUT2D eigenvalue weighted by Crippen LogP contribution is 2.58. The third-order valence-corrected chi connectivity index (χ3v) is 10.3. The molecule has 0 saturated carbocycles. The van der Waals surface area contributed by atoms with Gasteiger partial charge >= 0.3 is 0 Å². The zero-order valence-corrected chi connectivity index (χ0v) is 26.8. The third-order valence-electron chi connectivity index (χ3n) is 10.3. The van der Waals surface area contributed by atoms with Crippen LogP contribution >= 0.6 is 0 Å². The summed E-state index contributed by atoms with van der Waals surface area (Å²) in [4.78, 5) is 2.40. The first-order valence-corrected chi connectivity index (χ1v) is 16.9. The second-order valence-electron chi connectivity index (χ2n) is 12.8. The summed E-state index contributed by atoms with van der Waals surface area (Å²) in [6.07, 6.45) is 0. The van der Waals surface area contributed by atoms with Crippen LogP contribution in [0.4, 0.5) is 17.1 Å². The summed E-state index contributed by atoms with van der Waals surface area (Å²) in [6.45, 7) is 0. The van der Waals surface area contributed by atoms with E-state index in [0.717, 1.165) is 39.0 Å². The topological polar surface area (TPSA) is 16.4 Å². The van der Waals surface area contributed by atoms with Crippen molar-refractivity contribution in [1.29, 1.82) is 0 Å². The number of benzene rings is 8. The average Bonchev–Trinajstić information content (AvgIpc) is 3.71. The van der Waals surface area contributed by atoms with Crippen molar-refractivity contribution in [2.75, 3.05) is 4.90 Å². The highest BCUT2D eigenvalue weighted by Gasteiger charge is 2.46. The zero-order valence-electron chi connectivity index (χ0n) is 26.8. The quantitative estimate of drug-likeness (QED) is 0.189. The normalized spacial score (nSPS) is 13.1. The molecule has 9 aromatic rings. The molecule has 2 nitrogen and oxygen atoms in total. The van der Waals surface area contributed by atoms with Gasteiger partial charge in [-0.15, -0.1) is 0 Å². The van der Waals surface area contributed by atoms with E-state index in [9.17, 15) is 0 Å². The number of hydrogen-bond donors (Lipinski definition) is 0. The van der Waals surface area contributed by atoms with Gasteiger partial charge in [0.1, 0.15) is 11.2 Å². The molecule has 0 atom stereocenters. The molecule has 0 fully saturated rings. The number of hydrogen-bond acceptors (Lipinski definition) is 2. The lowest BCUT2D eigenvalue weighted by Crippen LogP contribution is -2.28. The van der Waals surface area contributed by atoms with Gasteiger partial charge in [-0.05, 0) is 75.2 Å². The van der Waals surface area contributed by atoms with Crippen LogP contribution in [0.15, 0.2) is 192 Å². The first-order valence-electron chi connectivity index (χ1n) is 16.9. The van der Waals surface area contributed by atoms with Crippen LogP contribution in [-0.4, -0.2) is 0 Å². The summed E-state index contributed by atoms with van der Waals surface area (Å²) in [6, 6.07) is 67.9. The van der Waals surface area contributed by atoms with E-state index in [-0.39, 0.29) is 0 Å². The molecular formula is C47H31NO. The standard InChI is InChI=1S/C47H31NO/c1-4-16-32(17-5-1)47(33-18-6-2-7-19-33)39-25-12-10-22-37(39)45-36-24-14-26-41(35(36)30-31-40(45)47)48(34-20-8-3-9-21-34)42-27-15-29-44-46(42)38-23-11-13-28-43(38)49-44/h1-31H. The highest BCUT2D eigenvalue weighted by atomic mass is 16.3. The summed E-state index contributed by atoms with van der Waals surface area (Å²) >= 11 is 0. The molecule has 0 bridgehead atoms. The van der Waals surface area contributed by atoms with Gasteiger partial charge in [0.15, 0.2) is 0 Å². The van der Waals surface area contributed by atoms with Crippen molar-refractivity contribution in [2.24, 2.45) is 0 Å². The molecule has 0 saturated heterocycles. The van der Waals surface area contributed by atoms with E-state index in [1.54, 1.807) is 0 Å². The molecule has 0 radical (unpaired) electrons. The van der Waals surface area contributed by atoms with Gasteiger partial charge in [-0.25, -0.2) is 0 Å². The van der Waals surface area contributed by atoms with Crippen molar-refractivity contribution >= 4 is 49.8 Å². The van der Waals surface area contributed by atoms with E-state index < -0.39 is 5.41 Å². The minimum Gasteiger partial charge on any atom is -0.456 e. The molecule has 0 N–H and O–H groups in total. The van der Waals surface area contributed by atoms with Crippen LogP contribution in [0.2, 0.25) is 0 Å². The summed E-state index contributed by atoms with van der Waals surface area (Å²) in [5, 5.41) is 4.65. The number of rotatable bonds is 5. The smallest absolute Gasteiger partial charge is 0.137 e. The maximum Gasteiger partial charge on any atom is 0.137 e. The second kappa shape index (κ2) is 10.8. The summed E-state index contributed by atoms with van der Waals surface area (Å²) in [5.41, 5.74) is 12.4.